The van der Waals surface area contributed by atoms with Gasteiger partial charge in [0.25, 0.3) is 0 Å². The molecule has 1 aliphatic rings. The van der Waals surface area contributed by atoms with Crippen LogP contribution in [-0.4, -0.2) is 0 Å². The Hall–Kier alpha value is -1.81. The molecule has 1 nitrogen and oxygen atoms in total. The molecule has 0 amide bonds. The fourth-order valence-corrected chi connectivity index (χ4v) is 6.26. The molecule has 0 saturated carbocycles. The molecule has 1 aliphatic carbocycles. The molecule has 3 aromatic carbocycles. The summed E-state index contributed by atoms with van der Waals surface area (Å²) in [4.78, 5) is 0. The van der Waals surface area contributed by atoms with Gasteiger partial charge >= 0.3 is 33.0 Å². The molecular formula is C27H31F6IrNP2. The summed E-state index contributed by atoms with van der Waals surface area (Å²) >= 11 is 0. The summed E-state index contributed by atoms with van der Waals surface area (Å²) in [6.07, 6.45) is 14.0. The van der Waals surface area contributed by atoms with E-state index in [1.165, 1.54) is 47.2 Å². The van der Waals surface area contributed by atoms with Crippen molar-refractivity contribution in [1.82, 2.24) is 0 Å². The van der Waals surface area contributed by atoms with Gasteiger partial charge in [-0.2, -0.15) is 0 Å². The minimum absolute atomic E-state index is 0. The summed E-state index contributed by atoms with van der Waals surface area (Å²) < 4.78 is 59.2. The largest absolute Gasteiger partial charge is 0.326 e. The van der Waals surface area contributed by atoms with Crippen LogP contribution < -0.4 is 21.6 Å². The van der Waals surface area contributed by atoms with E-state index in [1.54, 1.807) is 0 Å². The van der Waals surface area contributed by atoms with Crippen LogP contribution in [0, 0.1) is 0 Å². The molecule has 4 rings (SSSR count). The van der Waals surface area contributed by atoms with Crippen LogP contribution in [0.5, 0.6) is 0 Å². The Bertz CT molecular complexity index is 1050. The molecule has 0 aliphatic heterocycles. The zero-order chi connectivity index (χ0) is 26.6. The van der Waals surface area contributed by atoms with E-state index >= 15 is 0 Å². The standard InChI is InChI=1S/C19H18NP.C8H12.F6P.Ir/c20-15-16-9-7-8-14-19(16)21(17-10-3-1-4-11-17)18-12-5-2-6-13-18;1-2-4-6-8-7-5-3-1;1-7(2,3,4,5)6;/h1-14H,15,20H2;1-2,7-8H,3-6H2;;/q;;-1;/p+1/b;2-1-,8-7-;;. The van der Waals surface area contributed by atoms with Gasteiger partial charge in [0.05, 0.1) is 7.92 Å². The van der Waals surface area contributed by atoms with Gasteiger partial charge in [0.15, 0.2) is 0 Å². The number of halogens is 6. The van der Waals surface area contributed by atoms with Crippen LogP contribution in [0.2, 0.25) is 0 Å². The molecule has 0 atom stereocenters. The first-order chi connectivity index (χ1) is 16.8. The zero-order valence-electron chi connectivity index (χ0n) is 20.1. The summed E-state index contributed by atoms with van der Waals surface area (Å²) in [7, 11) is -11.7. The molecule has 0 bridgehead atoms. The SMILES string of the molecule is C1=C\CC/C=C\CC/1.F[P-](F)(F)(F)(F)F.NCc1ccccc1[PH+](c1ccccc1)c1ccccc1.[Ir]. The van der Waals surface area contributed by atoms with E-state index in [1.807, 2.05) is 0 Å². The maximum absolute atomic E-state index is 10.7. The van der Waals surface area contributed by atoms with Gasteiger partial charge in [0, 0.05) is 32.2 Å². The van der Waals surface area contributed by atoms with Crippen molar-refractivity contribution in [2.24, 2.45) is 5.73 Å². The number of rotatable bonds is 4. The fraction of sp³-hybridized carbons (Fsp3) is 0.185. The topological polar surface area (TPSA) is 26.0 Å². The van der Waals surface area contributed by atoms with E-state index in [9.17, 15) is 25.2 Å². The van der Waals surface area contributed by atoms with Gasteiger partial charge in [-0.3, -0.25) is 0 Å². The maximum Gasteiger partial charge on any atom is 0.106 e. The van der Waals surface area contributed by atoms with Crippen molar-refractivity contribution in [3.63, 3.8) is 0 Å². The van der Waals surface area contributed by atoms with Crippen molar-refractivity contribution in [3.05, 3.63) is 115 Å². The number of nitrogens with two attached hydrogens (primary N) is 1. The van der Waals surface area contributed by atoms with Gasteiger partial charge in [-0.05, 0) is 56.0 Å². The molecule has 0 spiro atoms. The van der Waals surface area contributed by atoms with Crippen LogP contribution >= 0.6 is 15.7 Å². The van der Waals surface area contributed by atoms with Gasteiger partial charge in [0.1, 0.15) is 15.9 Å². The van der Waals surface area contributed by atoms with E-state index in [0.717, 1.165) is 0 Å². The first-order valence-corrected chi connectivity index (χ1v) is 15.0. The Balaban J connectivity index is 0.000000354. The van der Waals surface area contributed by atoms with Crippen molar-refractivity contribution in [2.75, 3.05) is 0 Å². The Morgan fingerprint density at radius 3 is 1.24 bits per heavy atom. The van der Waals surface area contributed by atoms with Crippen molar-refractivity contribution in [1.29, 1.82) is 0 Å². The van der Waals surface area contributed by atoms with Crippen LogP contribution in [0.3, 0.4) is 0 Å². The second-order valence-electron chi connectivity index (χ2n) is 8.02. The van der Waals surface area contributed by atoms with Gasteiger partial charge in [0.2, 0.25) is 0 Å². The Labute approximate surface area is 229 Å². The molecule has 37 heavy (non-hydrogen) atoms. The maximum atomic E-state index is 9.87. The number of hydrogen-bond donors (Lipinski definition) is 1. The molecule has 0 heterocycles. The first-order valence-electron chi connectivity index (χ1n) is 11.5. The summed E-state index contributed by atoms with van der Waals surface area (Å²) in [5, 5.41) is 4.19. The molecule has 0 fully saturated rings. The third-order valence-corrected chi connectivity index (χ3v) is 7.81. The second kappa shape index (κ2) is 14.4. The molecule has 1 radical (unpaired) electrons. The van der Waals surface area contributed by atoms with Gasteiger partial charge in [-0.15, -0.1) is 0 Å². The molecule has 10 heteroatoms. The van der Waals surface area contributed by atoms with E-state index in [4.69, 9.17) is 5.73 Å². The molecule has 0 unspecified atom stereocenters. The van der Waals surface area contributed by atoms with Gasteiger partial charge in [-0.25, -0.2) is 0 Å². The summed E-state index contributed by atoms with van der Waals surface area (Å²) in [6, 6.07) is 30.1. The molecule has 0 saturated heterocycles. The van der Waals surface area contributed by atoms with E-state index < -0.39 is 15.7 Å². The predicted octanol–water partition coefficient (Wildman–Crippen LogP) is 8.69. The van der Waals surface area contributed by atoms with Crippen LogP contribution in [0.15, 0.2) is 109 Å². The third-order valence-electron chi connectivity index (χ3n) is 4.96. The van der Waals surface area contributed by atoms with Gasteiger partial charge in [-0.1, -0.05) is 78.9 Å². The number of allylic oxidation sites excluding steroid dienone is 4. The monoisotopic (exact) mass is 738 g/mol. The van der Waals surface area contributed by atoms with Crippen molar-refractivity contribution < 1.29 is 45.3 Å². The van der Waals surface area contributed by atoms with Gasteiger partial charge < -0.3 is 5.73 Å². The van der Waals surface area contributed by atoms with Crippen LogP contribution in [-0.2, 0) is 26.7 Å². The summed E-state index contributed by atoms with van der Waals surface area (Å²) in [6.45, 7) is 0.587. The molecule has 2 N–H and O–H groups in total. The Kier molecular flexibility index (Phi) is 12.9. The minimum atomic E-state index is -10.7. The second-order valence-corrected chi connectivity index (χ2v) is 12.4. The number of hydrogen-bond acceptors (Lipinski definition) is 1. The molecule has 3 aromatic rings. The normalized spacial score (nSPS) is 16.5. The van der Waals surface area contributed by atoms with Crippen LogP contribution in [0.4, 0.5) is 25.2 Å². The van der Waals surface area contributed by atoms with Crippen LogP contribution in [0.1, 0.15) is 31.2 Å². The van der Waals surface area contributed by atoms with Crippen molar-refractivity contribution in [2.45, 2.75) is 32.2 Å². The smallest absolute Gasteiger partial charge is 0.106 e. The minimum Gasteiger partial charge on any atom is -0.326 e. The first kappa shape index (κ1) is 33.2. The third kappa shape index (κ3) is 15.9. The van der Waals surface area contributed by atoms with Crippen molar-refractivity contribution >= 4 is 31.6 Å². The quantitative estimate of drug-likeness (QED) is 0.162. The Morgan fingerprint density at radius 1 is 0.568 bits per heavy atom. The predicted molar refractivity (Wildman–Crippen MR) is 145 cm³/mol. The van der Waals surface area contributed by atoms with E-state index in [0.29, 0.717) is 6.54 Å². The van der Waals surface area contributed by atoms with Crippen molar-refractivity contribution in [3.8, 4) is 0 Å². The fourth-order valence-electron chi connectivity index (χ4n) is 3.49. The van der Waals surface area contributed by atoms with Crippen LogP contribution in [0.25, 0.3) is 0 Å². The van der Waals surface area contributed by atoms with E-state index in [2.05, 4.69) is 109 Å². The molecule has 0 aromatic heterocycles. The zero-order valence-corrected chi connectivity index (χ0v) is 24.3. The average Bonchev–Trinajstić information content (AvgIpc) is 2.79. The van der Waals surface area contributed by atoms with E-state index in [-0.39, 0.29) is 20.1 Å². The molecular weight excluding hydrogens is 706 g/mol. The molecule has 205 valence electrons. The number of benzene rings is 3. The summed E-state index contributed by atoms with van der Waals surface area (Å²) in [5.41, 5.74) is 7.21. The Morgan fingerprint density at radius 2 is 0.892 bits per heavy atom. The average molecular weight is 738 g/mol. The summed E-state index contributed by atoms with van der Waals surface area (Å²) in [5.74, 6) is 0.